The van der Waals surface area contributed by atoms with Crippen LogP contribution in [0.15, 0.2) is 0 Å². The van der Waals surface area contributed by atoms with Crippen LogP contribution in [0.4, 0.5) is 0 Å². The Balaban J connectivity index is 1.87. The van der Waals surface area contributed by atoms with Crippen molar-refractivity contribution in [3.05, 3.63) is 0 Å². The van der Waals surface area contributed by atoms with Crippen molar-refractivity contribution in [2.24, 2.45) is 0 Å². The highest BCUT2D eigenvalue weighted by atomic mass is 16.5. The summed E-state index contributed by atoms with van der Waals surface area (Å²) in [4.78, 5) is 3.51. The van der Waals surface area contributed by atoms with Gasteiger partial charge in [0.15, 0.2) is 0 Å². The summed E-state index contributed by atoms with van der Waals surface area (Å²) < 4.78 is 5.80. The summed E-state index contributed by atoms with van der Waals surface area (Å²) in [7, 11) is 2.32. The van der Waals surface area contributed by atoms with E-state index in [1.165, 1.54) is 39.0 Å². The molecular formula is C12H26N2O+2. The van der Waals surface area contributed by atoms with Crippen LogP contribution >= 0.6 is 0 Å². The molecule has 0 bridgehead atoms. The maximum absolute atomic E-state index is 5.80. The van der Waals surface area contributed by atoms with Crippen molar-refractivity contribution in [1.82, 2.24) is 0 Å². The minimum atomic E-state index is 0.454. The molecule has 0 radical (unpaired) electrons. The largest absolute Gasteiger partial charge is 0.364 e. The van der Waals surface area contributed by atoms with Gasteiger partial charge in [0, 0.05) is 12.8 Å². The first-order valence-corrected chi connectivity index (χ1v) is 6.46. The SMILES string of the molecule is C[C@@H]1C[NH+](C2CC[NH+](C)CC2)C[C@H](C)O1. The fourth-order valence-electron chi connectivity index (χ4n) is 3.17. The zero-order valence-corrected chi connectivity index (χ0v) is 10.4. The van der Waals surface area contributed by atoms with Gasteiger partial charge in [0.25, 0.3) is 0 Å². The number of nitrogens with one attached hydrogen (secondary N) is 2. The van der Waals surface area contributed by atoms with Crippen LogP contribution in [-0.2, 0) is 4.74 Å². The molecule has 2 rings (SSSR count). The number of rotatable bonds is 1. The van der Waals surface area contributed by atoms with Gasteiger partial charge in [-0.2, -0.15) is 0 Å². The Labute approximate surface area is 93.4 Å². The van der Waals surface area contributed by atoms with Crippen LogP contribution in [0.3, 0.4) is 0 Å². The van der Waals surface area contributed by atoms with Gasteiger partial charge in [0.2, 0.25) is 0 Å². The first-order valence-electron chi connectivity index (χ1n) is 6.46. The molecule has 0 aromatic carbocycles. The van der Waals surface area contributed by atoms with E-state index in [1.807, 2.05) is 0 Å². The van der Waals surface area contributed by atoms with Gasteiger partial charge in [-0.05, 0) is 13.8 Å². The predicted molar refractivity (Wildman–Crippen MR) is 60.3 cm³/mol. The maximum atomic E-state index is 5.80. The average Bonchev–Trinajstić information content (AvgIpc) is 2.17. The second kappa shape index (κ2) is 4.81. The summed E-state index contributed by atoms with van der Waals surface area (Å²) in [5.41, 5.74) is 0. The van der Waals surface area contributed by atoms with E-state index in [2.05, 4.69) is 20.9 Å². The Hall–Kier alpha value is -0.120. The van der Waals surface area contributed by atoms with E-state index < -0.39 is 0 Å². The van der Waals surface area contributed by atoms with Crippen LogP contribution in [0.2, 0.25) is 0 Å². The average molecular weight is 214 g/mol. The number of ether oxygens (including phenoxy) is 1. The molecule has 0 aromatic rings. The van der Waals surface area contributed by atoms with Gasteiger partial charge in [0.05, 0.1) is 26.2 Å². The Bertz CT molecular complexity index is 192. The van der Waals surface area contributed by atoms with Crippen LogP contribution in [0, 0.1) is 0 Å². The zero-order chi connectivity index (χ0) is 10.8. The second-order valence-electron chi connectivity index (χ2n) is 5.56. The molecule has 2 aliphatic rings. The van der Waals surface area contributed by atoms with Crippen molar-refractivity contribution < 1.29 is 14.5 Å². The second-order valence-corrected chi connectivity index (χ2v) is 5.56. The first kappa shape index (κ1) is 11.4. The summed E-state index contributed by atoms with van der Waals surface area (Å²) in [5.74, 6) is 0. The highest BCUT2D eigenvalue weighted by Crippen LogP contribution is 2.02. The lowest BCUT2D eigenvalue weighted by atomic mass is 10.0. The lowest BCUT2D eigenvalue weighted by molar-refractivity contribution is -0.961. The number of likely N-dealkylation sites (tertiary alicyclic amines) is 1. The fourth-order valence-corrected chi connectivity index (χ4v) is 3.17. The van der Waals surface area contributed by atoms with Crippen molar-refractivity contribution in [2.45, 2.75) is 44.9 Å². The van der Waals surface area contributed by atoms with E-state index in [0.29, 0.717) is 12.2 Å². The molecule has 2 saturated heterocycles. The van der Waals surface area contributed by atoms with Gasteiger partial charge in [-0.1, -0.05) is 0 Å². The molecule has 3 nitrogen and oxygen atoms in total. The van der Waals surface area contributed by atoms with Gasteiger partial charge in [-0.3, -0.25) is 0 Å². The molecule has 0 spiro atoms. The molecule has 0 aliphatic carbocycles. The molecule has 2 N–H and O–H groups in total. The highest BCUT2D eigenvalue weighted by Gasteiger charge is 2.34. The first-order chi connectivity index (χ1) is 7.15. The third-order valence-electron chi connectivity index (χ3n) is 3.98. The summed E-state index contributed by atoms with van der Waals surface area (Å²) in [6.07, 6.45) is 3.72. The number of morpholine rings is 1. The van der Waals surface area contributed by atoms with Crippen molar-refractivity contribution in [2.75, 3.05) is 33.2 Å². The summed E-state index contributed by atoms with van der Waals surface area (Å²) in [6.45, 7) is 9.59. The smallest absolute Gasteiger partial charge is 0.104 e. The molecule has 0 saturated carbocycles. The van der Waals surface area contributed by atoms with Crippen LogP contribution in [0.5, 0.6) is 0 Å². The number of quaternary nitrogens is 2. The molecule has 0 aromatic heterocycles. The van der Waals surface area contributed by atoms with E-state index in [9.17, 15) is 0 Å². The van der Waals surface area contributed by atoms with E-state index in [1.54, 1.807) is 9.80 Å². The van der Waals surface area contributed by atoms with E-state index >= 15 is 0 Å². The zero-order valence-electron chi connectivity index (χ0n) is 10.4. The molecule has 1 unspecified atom stereocenters. The molecule has 15 heavy (non-hydrogen) atoms. The Kier molecular flexibility index (Phi) is 3.65. The number of hydrogen-bond acceptors (Lipinski definition) is 1. The number of piperidine rings is 1. The standard InChI is InChI=1S/C12H24N2O/c1-10-8-14(9-11(2)15-10)12-4-6-13(3)7-5-12/h10-12H,4-9H2,1-3H3/p+2/t10-,11+. The Morgan fingerprint density at radius 1 is 1.00 bits per heavy atom. The van der Waals surface area contributed by atoms with E-state index in [-0.39, 0.29) is 0 Å². The molecule has 0 amide bonds. The summed E-state index contributed by atoms with van der Waals surface area (Å²) in [6, 6.07) is 0.905. The third-order valence-corrected chi connectivity index (χ3v) is 3.98. The van der Waals surface area contributed by atoms with Gasteiger partial charge in [-0.15, -0.1) is 0 Å². The van der Waals surface area contributed by atoms with Crippen molar-refractivity contribution in [3.8, 4) is 0 Å². The minimum absolute atomic E-state index is 0.454. The van der Waals surface area contributed by atoms with Crippen LogP contribution < -0.4 is 9.80 Å². The summed E-state index contributed by atoms with van der Waals surface area (Å²) >= 11 is 0. The van der Waals surface area contributed by atoms with Gasteiger partial charge < -0.3 is 14.5 Å². The van der Waals surface area contributed by atoms with Gasteiger partial charge in [-0.25, -0.2) is 0 Å². The topological polar surface area (TPSA) is 18.1 Å². The lowest BCUT2D eigenvalue weighted by Crippen LogP contribution is -3.21. The fraction of sp³-hybridized carbons (Fsp3) is 1.00. The normalized spacial score (nSPS) is 47.8. The lowest BCUT2D eigenvalue weighted by Gasteiger charge is -2.39. The molecule has 2 heterocycles. The Morgan fingerprint density at radius 3 is 2.07 bits per heavy atom. The van der Waals surface area contributed by atoms with E-state index in [4.69, 9.17) is 4.74 Å². The minimum Gasteiger partial charge on any atom is -0.364 e. The predicted octanol–water partition coefficient (Wildman–Crippen LogP) is -1.64. The molecule has 3 heteroatoms. The monoisotopic (exact) mass is 214 g/mol. The van der Waals surface area contributed by atoms with Crippen LogP contribution in [0.1, 0.15) is 26.7 Å². The molecule has 2 aliphatic heterocycles. The molecule has 2 fully saturated rings. The molecular weight excluding hydrogens is 188 g/mol. The van der Waals surface area contributed by atoms with Crippen molar-refractivity contribution in [3.63, 3.8) is 0 Å². The maximum Gasteiger partial charge on any atom is 0.104 e. The quantitative estimate of drug-likeness (QED) is 0.536. The summed E-state index contributed by atoms with van der Waals surface area (Å²) in [5, 5.41) is 0. The highest BCUT2D eigenvalue weighted by molar-refractivity contribution is 4.65. The Morgan fingerprint density at radius 2 is 1.53 bits per heavy atom. The van der Waals surface area contributed by atoms with Crippen LogP contribution in [-0.4, -0.2) is 51.5 Å². The third kappa shape index (κ3) is 2.92. The van der Waals surface area contributed by atoms with Crippen LogP contribution in [0.25, 0.3) is 0 Å². The van der Waals surface area contributed by atoms with Gasteiger partial charge in [0.1, 0.15) is 25.3 Å². The molecule has 3 atom stereocenters. The van der Waals surface area contributed by atoms with E-state index in [0.717, 1.165) is 6.04 Å². The van der Waals surface area contributed by atoms with Gasteiger partial charge >= 0.3 is 0 Å². The molecule has 88 valence electrons. The van der Waals surface area contributed by atoms with Crippen molar-refractivity contribution in [1.29, 1.82) is 0 Å². The number of hydrogen-bond donors (Lipinski definition) is 2. The van der Waals surface area contributed by atoms with Crippen molar-refractivity contribution >= 4 is 0 Å².